The van der Waals surface area contributed by atoms with Crippen LogP contribution in [0.2, 0.25) is 0 Å². The minimum atomic E-state index is -3.11. The van der Waals surface area contributed by atoms with Crippen LogP contribution in [0.3, 0.4) is 0 Å². The van der Waals surface area contributed by atoms with Gasteiger partial charge in [-0.1, -0.05) is 0 Å². The summed E-state index contributed by atoms with van der Waals surface area (Å²) in [5.74, 6) is 1.70. The molecule has 2 aliphatic heterocycles. The SMILES string of the molecule is C[C@@H](Oc1ccc2[nH]nc(-c3ccc(N4CC5(CCN(S(C)(=O)=O)CC5)C4)nc3)c2c1)c1ccnc2[nH]ccc12. The number of piperidine rings is 1. The third-order valence-electron chi connectivity index (χ3n) is 8.43. The Kier molecular flexibility index (Phi) is 5.83. The van der Waals surface area contributed by atoms with E-state index in [9.17, 15) is 8.42 Å². The summed E-state index contributed by atoms with van der Waals surface area (Å²) in [5, 5.41) is 9.74. The largest absolute Gasteiger partial charge is 0.486 e. The number of nitrogens with zero attached hydrogens (tertiary/aromatic N) is 5. The maximum atomic E-state index is 11.8. The first-order valence-electron chi connectivity index (χ1n) is 13.5. The second-order valence-corrected chi connectivity index (χ2v) is 13.1. The second-order valence-electron chi connectivity index (χ2n) is 11.1. The van der Waals surface area contributed by atoms with E-state index in [4.69, 9.17) is 9.72 Å². The van der Waals surface area contributed by atoms with Crippen molar-refractivity contribution in [3.05, 3.63) is 66.6 Å². The van der Waals surface area contributed by atoms with E-state index in [2.05, 4.69) is 31.1 Å². The predicted molar refractivity (Wildman–Crippen MR) is 155 cm³/mol. The first-order valence-corrected chi connectivity index (χ1v) is 15.4. The molecule has 2 aliphatic rings. The minimum absolute atomic E-state index is 0.159. The van der Waals surface area contributed by atoms with Gasteiger partial charge in [0.05, 0.1) is 11.8 Å². The van der Waals surface area contributed by atoms with Gasteiger partial charge in [0, 0.05) is 72.1 Å². The van der Waals surface area contributed by atoms with Gasteiger partial charge >= 0.3 is 0 Å². The van der Waals surface area contributed by atoms with Crippen molar-refractivity contribution in [2.24, 2.45) is 5.41 Å². The second kappa shape index (κ2) is 9.31. The number of H-pyrrole nitrogens is 2. The van der Waals surface area contributed by atoms with Crippen molar-refractivity contribution in [3.8, 4) is 17.0 Å². The Bertz CT molecular complexity index is 1800. The lowest BCUT2D eigenvalue weighted by Gasteiger charge is -2.54. The molecular formula is C29H31N7O3S. The van der Waals surface area contributed by atoms with Crippen molar-refractivity contribution >= 4 is 37.8 Å². The smallest absolute Gasteiger partial charge is 0.211 e. The zero-order valence-electron chi connectivity index (χ0n) is 22.5. The number of rotatable bonds is 6. The van der Waals surface area contributed by atoms with Crippen LogP contribution in [0.5, 0.6) is 5.75 Å². The summed E-state index contributed by atoms with van der Waals surface area (Å²) in [6, 6.07) is 14.1. The molecule has 4 aromatic heterocycles. The van der Waals surface area contributed by atoms with Gasteiger partial charge < -0.3 is 14.6 Å². The lowest BCUT2D eigenvalue weighted by Crippen LogP contribution is -2.61. The van der Waals surface area contributed by atoms with Crippen LogP contribution in [-0.4, -0.2) is 70.3 Å². The summed E-state index contributed by atoms with van der Waals surface area (Å²) in [5.41, 5.74) is 4.81. The van der Waals surface area contributed by atoms with Gasteiger partial charge in [-0.15, -0.1) is 0 Å². The monoisotopic (exact) mass is 557 g/mol. The van der Waals surface area contributed by atoms with Gasteiger partial charge in [0.1, 0.15) is 29.0 Å². The summed E-state index contributed by atoms with van der Waals surface area (Å²) >= 11 is 0. The Morgan fingerprint density at radius 1 is 1.02 bits per heavy atom. The standard InChI is InChI=1S/C29H31N7O3S/c1-19(22-7-11-30-28-23(22)8-12-31-28)39-21-4-5-25-24(15-21)27(34-33-25)20-3-6-26(32-16-20)35-17-29(18-35)9-13-36(14-10-29)40(2,37)38/h3-8,11-12,15-16,19H,9-10,13-14,17-18H2,1-2H3,(H,30,31)(H,33,34)/t19-/m1/s1. The molecule has 6 heterocycles. The van der Waals surface area contributed by atoms with E-state index < -0.39 is 10.0 Å². The fraction of sp³-hybridized carbons (Fsp3) is 0.345. The van der Waals surface area contributed by atoms with Crippen molar-refractivity contribution in [1.82, 2.24) is 29.5 Å². The molecule has 1 aromatic carbocycles. The van der Waals surface area contributed by atoms with Gasteiger partial charge in [-0.2, -0.15) is 5.10 Å². The molecule has 2 saturated heterocycles. The number of nitrogens with one attached hydrogen (secondary N) is 2. The third-order valence-corrected chi connectivity index (χ3v) is 9.73. The highest BCUT2D eigenvalue weighted by Crippen LogP contribution is 2.43. The number of ether oxygens (including phenoxy) is 1. The van der Waals surface area contributed by atoms with Crippen molar-refractivity contribution in [2.75, 3.05) is 37.3 Å². The molecule has 2 N–H and O–H groups in total. The number of benzene rings is 1. The number of pyridine rings is 2. The van der Waals surface area contributed by atoms with E-state index in [1.807, 2.05) is 55.7 Å². The Hall–Kier alpha value is -3.96. The molecule has 1 spiro atoms. The van der Waals surface area contributed by atoms with Gasteiger partial charge in [-0.3, -0.25) is 5.10 Å². The maximum Gasteiger partial charge on any atom is 0.211 e. The van der Waals surface area contributed by atoms with Crippen LogP contribution in [0.15, 0.2) is 61.1 Å². The quantitative estimate of drug-likeness (QED) is 0.315. The van der Waals surface area contributed by atoms with E-state index in [0.717, 1.165) is 76.3 Å². The topological polar surface area (TPSA) is 120 Å². The molecule has 0 amide bonds. The van der Waals surface area contributed by atoms with Crippen molar-refractivity contribution in [1.29, 1.82) is 0 Å². The number of fused-ring (bicyclic) bond motifs is 2. The van der Waals surface area contributed by atoms with Crippen LogP contribution >= 0.6 is 0 Å². The highest BCUT2D eigenvalue weighted by molar-refractivity contribution is 7.88. The van der Waals surface area contributed by atoms with Gasteiger partial charge in [-0.25, -0.2) is 22.7 Å². The van der Waals surface area contributed by atoms with Gasteiger partial charge in [0.15, 0.2) is 0 Å². The molecule has 1 atom stereocenters. The van der Waals surface area contributed by atoms with Crippen molar-refractivity contribution < 1.29 is 13.2 Å². The Morgan fingerprint density at radius 3 is 2.60 bits per heavy atom. The van der Waals surface area contributed by atoms with Gasteiger partial charge in [-0.05, 0) is 62.2 Å². The molecule has 0 aliphatic carbocycles. The molecule has 2 fully saturated rings. The first-order chi connectivity index (χ1) is 19.3. The highest BCUT2D eigenvalue weighted by Gasteiger charge is 2.46. The number of aromatic amines is 2. The fourth-order valence-electron chi connectivity index (χ4n) is 6.14. The summed E-state index contributed by atoms with van der Waals surface area (Å²) < 4.78 is 31.6. The predicted octanol–water partition coefficient (Wildman–Crippen LogP) is 4.50. The molecule has 7 rings (SSSR count). The van der Waals surface area contributed by atoms with Gasteiger partial charge in [0.2, 0.25) is 10.0 Å². The number of hydrogen-bond acceptors (Lipinski definition) is 7. The lowest BCUT2D eigenvalue weighted by atomic mass is 9.72. The maximum absolute atomic E-state index is 11.8. The average Bonchev–Trinajstić information content (AvgIpc) is 3.58. The lowest BCUT2D eigenvalue weighted by molar-refractivity contribution is 0.114. The zero-order valence-corrected chi connectivity index (χ0v) is 23.3. The van der Waals surface area contributed by atoms with Crippen molar-refractivity contribution in [3.63, 3.8) is 0 Å². The third kappa shape index (κ3) is 4.39. The van der Waals surface area contributed by atoms with E-state index in [1.54, 1.807) is 10.5 Å². The zero-order chi connectivity index (χ0) is 27.5. The number of sulfonamides is 1. The van der Waals surface area contributed by atoms with E-state index >= 15 is 0 Å². The Labute approximate surface area is 232 Å². The molecule has 5 aromatic rings. The van der Waals surface area contributed by atoms with Gasteiger partial charge in [0.25, 0.3) is 0 Å². The molecule has 0 unspecified atom stereocenters. The number of anilines is 1. The molecule has 206 valence electrons. The molecule has 0 radical (unpaired) electrons. The Morgan fingerprint density at radius 2 is 1.85 bits per heavy atom. The number of hydrogen-bond donors (Lipinski definition) is 2. The van der Waals surface area contributed by atoms with Crippen LogP contribution in [-0.2, 0) is 10.0 Å². The molecule has 0 bridgehead atoms. The van der Waals surface area contributed by atoms with Crippen LogP contribution < -0.4 is 9.64 Å². The fourth-order valence-corrected chi connectivity index (χ4v) is 6.98. The average molecular weight is 558 g/mol. The molecular weight excluding hydrogens is 526 g/mol. The van der Waals surface area contributed by atoms with Crippen molar-refractivity contribution in [2.45, 2.75) is 25.9 Å². The Balaban J connectivity index is 1.06. The normalized spacial score (nSPS) is 18.3. The summed E-state index contributed by atoms with van der Waals surface area (Å²) in [6.07, 6.45) is 8.49. The van der Waals surface area contributed by atoms with Crippen LogP contribution in [0.25, 0.3) is 33.2 Å². The summed E-state index contributed by atoms with van der Waals surface area (Å²) in [4.78, 5) is 14.6. The molecule has 0 saturated carbocycles. The highest BCUT2D eigenvalue weighted by atomic mass is 32.2. The minimum Gasteiger partial charge on any atom is -0.486 e. The van der Waals surface area contributed by atoms with E-state index in [-0.39, 0.29) is 11.5 Å². The molecule has 11 heteroatoms. The summed E-state index contributed by atoms with van der Waals surface area (Å²) in [6.45, 7) is 5.07. The van der Waals surface area contributed by atoms with E-state index in [1.165, 1.54) is 6.26 Å². The number of aromatic nitrogens is 5. The van der Waals surface area contributed by atoms with Crippen LogP contribution in [0.4, 0.5) is 5.82 Å². The van der Waals surface area contributed by atoms with Crippen LogP contribution in [0.1, 0.15) is 31.4 Å². The van der Waals surface area contributed by atoms with E-state index in [0.29, 0.717) is 13.1 Å². The molecule has 10 nitrogen and oxygen atoms in total. The van der Waals surface area contributed by atoms with Crippen LogP contribution in [0, 0.1) is 5.41 Å². The summed E-state index contributed by atoms with van der Waals surface area (Å²) in [7, 11) is -3.11. The molecule has 40 heavy (non-hydrogen) atoms. The first kappa shape index (κ1) is 25.0.